The van der Waals surface area contributed by atoms with Gasteiger partial charge in [0.1, 0.15) is 0 Å². The summed E-state index contributed by atoms with van der Waals surface area (Å²) in [6.45, 7) is 0.260. The van der Waals surface area contributed by atoms with Crippen LogP contribution < -0.4 is 5.56 Å². The fourth-order valence-corrected chi connectivity index (χ4v) is 1.64. The largest absolute Gasteiger partial charge is 0.478 e. The number of aliphatic carboxylic acids is 1. The van der Waals surface area contributed by atoms with Gasteiger partial charge in [-0.25, -0.2) is 4.79 Å². The van der Waals surface area contributed by atoms with Crippen LogP contribution in [0.25, 0.3) is 10.8 Å². The SMILES string of the molecule is O=C(O)/C=C/Cn1ccc2ccccc2c1=O. The molecule has 0 bridgehead atoms. The van der Waals surface area contributed by atoms with Crippen LogP contribution in [-0.4, -0.2) is 15.6 Å². The monoisotopic (exact) mass is 229 g/mol. The highest BCUT2D eigenvalue weighted by atomic mass is 16.4. The van der Waals surface area contributed by atoms with Gasteiger partial charge < -0.3 is 9.67 Å². The Kier molecular flexibility index (Phi) is 3.05. The molecule has 2 aromatic rings. The highest BCUT2D eigenvalue weighted by molar-refractivity contribution is 5.81. The fraction of sp³-hybridized carbons (Fsp3) is 0.0769. The first-order valence-corrected chi connectivity index (χ1v) is 5.16. The van der Waals surface area contributed by atoms with Gasteiger partial charge in [-0.05, 0) is 17.5 Å². The molecule has 0 amide bonds. The Balaban J connectivity index is 2.40. The molecule has 4 heteroatoms. The summed E-state index contributed by atoms with van der Waals surface area (Å²) in [4.78, 5) is 22.3. The topological polar surface area (TPSA) is 59.3 Å². The number of carboxylic acid groups (broad SMARTS) is 1. The van der Waals surface area contributed by atoms with Gasteiger partial charge in [-0.2, -0.15) is 0 Å². The van der Waals surface area contributed by atoms with Crippen molar-refractivity contribution in [2.75, 3.05) is 0 Å². The number of pyridine rings is 1. The summed E-state index contributed by atoms with van der Waals surface area (Å²) in [6, 6.07) is 9.15. The second kappa shape index (κ2) is 4.65. The van der Waals surface area contributed by atoms with Crippen LogP contribution in [0, 0.1) is 0 Å². The first-order valence-electron chi connectivity index (χ1n) is 5.16. The van der Waals surface area contributed by atoms with Gasteiger partial charge in [0.05, 0.1) is 0 Å². The maximum atomic E-state index is 12.0. The maximum absolute atomic E-state index is 12.0. The molecule has 0 saturated carbocycles. The van der Waals surface area contributed by atoms with Crippen molar-refractivity contribution in [3.05, 3.63) is 59.0 Å². The lowest BCUT2D eigenvalue weighted by molar-refractivity contribution is -0.131. The Morgan fingerprint density at radius 2 is 2.06 bits per heavy atom. The lowest BCUT2D eigenvalue weighted by Crippen LogP contribution is -2.18. The molecule has 1 aromatic carbocycles. The molecule has 0 unspecified atom stereocenters. The van der Waals surface area contributed by atoms with E-state index in [9.17, 15) is 9.59 Å². The van der Waals surface area contributed by atoms with Crippen LogP contribution in [0.5, 0.6) is 0 Å². The van der Waals surface area contributed by atoms with Gasteiger partial charge in [-0.3, -0.25) is 4.79 Å². The predicted octanol–water partition coefficient (Wildman–Crippen LogP) is 1.64. The molecule has 4 nitrogen and oxygen atoms in total. The molecular weight excluding hydrogens is 218 g/mol. The van der Waals surface area contributed by atoms with E-state index in [1.54, 1.807) is 18.3 Å². The lowest BCUT2D eigenvalue weighted by atomic mass is 10.2. The van der Waals surface area contributed by atoms with Crippen LogP contribution in [0.15, 0.2) is 53.5 Å². The molecule has 1 heterocycles. The zero-order valence-corrected chi connectivity index (χ0v) is 9.04. The quantitative estimate of drug-likeness (QED) is 0.814. The van der Waals surface area contributed by atoms with E-state index in [2.05, 4.69) is 0 Å². The van der Waals surface area contributed by atoms with Crippen LogP contribution >= 0.6 is 0 Å². The van der Waals surface area contributed by atoms with E-state index in [0.29, 0.717) is 5.39 Å². The summed E-state index contributed by atoms with van der Waals surface area (Å²) in [7, 11) is 0. The molecule has 0 aliphatic rings. The highest BCUT2D eigenvalue weighted by Crippen LogP contribution is 2.07. The molecule has 0 saturated heterocycles. The molecule has 17 heavy (non-hydrogen) atoms. The van der Waals surface area contributed by atoms with Crippen molar-refractivity contribution in [3.8, 4) is 0 Å². The predicted molar refractivity (Wildman–Crippen MR) is 65.0 cm³/mol. The zero-order chi connectivity index (χ0) is 12.3. The van der Waals surface area contributed by atoms with E-state index in [1.807, 2.05) is 18.2 Å². The summed E-state index contributed by atoms with van der Waals surface area (Å²) >= 11 is 0. The van der Waals surface area contributed by atoms with Gasteiger partial charge in [0, 0.05) is 24.2 Å². The molecule has 0 fully saturated rings. The van der Waals surface area contributed by atoms with Crippen LogP contribution in [0.3, 0.4) is 0 Å². The van der Waals surface area contributed by atoms with Crippen molar-refractivity contribution in [1.82, 2.24) is 4.57 Å². The van der Waals surface area contributed by atoms with Crippen molar-refractivity contribution < 1.29 is 9.90 Å². The first-order chi connectivity index (χ1) is 8.18. The Bertz CT molecular complexity index is 640. The van der Waals surface area contributed by atoms with Crippen LogP contribution in [0.1, 0.15) is 0 Å². The van der Waals surface area contributed by atoms with E-state index < -0.39 is 5.97 Å². The number of hydrogen-bond donors (Lipinski definition) is 1. The summed E-state index contributed by atoms with van der Waals surface area (Å²) < 4.78 is 1.47. The number of fused-ring (bicyclic) bond motifs is 1. The third-order valence-corrected chi connectivity index (χ3v) is 2.45. The minimum absolute atomic E-state index is 0.113. The van der Waals surface area contributed by atoms with Gasteiger partial charge >= 0.3 is 5.97 Å². The molecule has 0 aliphatic carbocycles. The molecule has 1 N–H and O–H groups in total. The molecule has 0 atom stereocenters. The Hall–Kier alpha value is -2.36. The van der Waals surface area contributed by atoms with Crippen molar-refractivity contribution in [2.24, 2.45) is 0 Å². The number of aromatic nitrogens is 1. The number of hydrogen-bond acceptors (Lipinski definition) is 2. The molecule has 0 spiro atoms. The number of carbonyl (C=O) groups is 1. The van der Waals surface area contributed by atoms with Crippen molar-refractivity contribution in [2.45, 2.75) is 6.54 Å². The van der Waals surface area contributed by atoms with Gasteiger partial charge in [-0.1, -0.05) is 24.3 Å². The van der Waals surface area contributed by atoms with E-state index in [1.165, 1.54) is 10.6 Å². The number of allylic oxidation sites excluding steroid dienone is 1. The highest BCUT2D eigenvalue weighted by Gasteiger charge is 2.00. The van der Waals surface area contributed by atoms with Crippen molar-refractivity contribution in [1.29, 1.82) is 0 Å². The summed E-state index contributed by atoms with van der Waals surface area (Å²) in [5.41, 5.74) is -0.113. The van der Waals surface area contributed by atoms with Crippen molar-refractivity contribution >= 4 is 16.7 Å². The minimum Gasteiger partial charge on any atom is -0.478 e. The summed E-state index contributed by atoms with van der Waals surface area (Å²) in [5, 5.41) is 9.98. The molecule has 0 radical (unpaired) electrons. The first kappa shape index (κ1) is 11.1. The van der Waals surface area contributed by atoms with E-state index >= 15 is 0 Å². The normalized spacial score (nSPS) is 11.1. The van der Waals surface area contributed by atoms with E-state index in [4.69, 9.17) is 5.11 Å². The van der Waals surface area contributed by atoms with E-state index in [0.717, 1.165) is 11.5 Å². The van der Waals surface area contributed by atoms with Gasteiger partial charge in [0.15, 0.2) is 0 Å². The minimum atomic E-state index is -1.01. The van der Waals surface area contributed by atoms with E-state index in [-0.39, 0.29) is 12.1 Å². The van der Waals surface area contributed by atoms with Gasteiger partial charge in [0.2, 0.25) is 0 Å². The molecule has 1 aromatic heterocycles. The van der Waals surface area contributed by atoms with Crippen LogP contribution in [0.2, 0.25) is 0 Å². The standard InChI is InChI=1S/C13H11NO3/c15-12(16)6-3-8-14-9-7-10-4-1-2-5-11(10)13(14)17/h1-7,9H,8H2,(H,15,16)/b6-3+. The Morgan fingerprint density at radius 3 is 2.82 bits per heavy atom. The second-order valence-corrected chi connectivity index (χ2v) is 3.60. The van der Waals surface area contributed by atoms with Crippen molar-refractivity contribution in [3.63, 3.8) is 0 Å². The van der Waals surface area contributed by atoms with Crippen LogP contribution in [0.4, 0.5) is 0 Å². The third-order valence-electron chi connectivity index (χ3n) is 2.45. The second-order valence-electron chi connectivity index (χ2n) is 3.60. The summed E-state index contributed by atoms with van der Waals surface area (Å²) in [6.07, 6.45) is 4.14. The Labute approximate surface area is 97.4 Å². The van der Waals surface area contributed by atoms with Crippen LogP contribution in [-0.2, 0) is 11.3 Å². The third kappa shape index (κ3) is 2.42. The number of rotatable bonds is 3. The summed E-state index contributed by atoms with van der Waals surface area (Å²) in [5.74, 6) is -1.01. The Morgan fingerprint density at radius 1 is 1.29 bits per heavy atom. The van der Waals surface area contributed by atoms with Gasteiger partial charge in [0.25, 0.3) is 5.56 Å². The maximum Gasteiger partial charge on any atom is 0.328 e. The fourth-order valence-electron chi connectivity index (χ4n) is 1.64. The average molecular weight is 229 g/mol. The number of carboxylic acids is 1. The molecule has 86 valence electrons. The number of benzene rings is 1. The number of nitrogens with zero attached hydrogens (tertiary/aromatic N) is 1. The molecule has 0 aliphatic heterocycles. The smallest absolute Gasteiger partial charge is 0.328 e. The zero-order valence-electron chi connectivity index (χ0n) is 9.04. The lowest BCUT2D eigenvalue weighted by Gasteiger charge is -2.03. The average Bonchev–Trinajstić information content (AvgIpc) is 2.32. The molecule has 2 rings (SSSR count). The molecular formula is C13H11NO3. The van der Waals surface area contributed by atoms with Gasteiger partial charge in [-0.15, -0.1) is 0 Å².